The van der Waals surface area contributed by atoms with Crippen LogP contribution in [0.25, 0.3) is 0 Å². The third-order valence-electron chi connectivity index (χ3n) is 12.7. The number of aliphatic hydroxyl groups is 3. The molecule has 3 aliphatic heterocycles. The highest BCUT2D eigenvalue weighted by Gasteiger charge is 2.54. The summed E-state index contributed by atoms with van der Waals surface area (Å²) in [5.41, 5.74) is -3.56. The Labute approximate surface area is 341 Å². The zero-order valence-electron chi connectivity index (χ0n) is 34.2. The van der Waals surface area contributed by atoms with Crippen LogP contribution >= 0.6 is 0 Å². The van der Waals surface area contributed by atoms with Crippen molar-refractivity contribution in [2.24, 2.45) is 0 Å². The van der Waals surface area contributed by atoms with Gasteiger partial charge in [-0.05, 0) is 71.5 Å². The molecular weight excluding hydrogens is 774 g/mol. The van der Waals surface area contributed by atoms with E-state index in [1.165, 1.54) is 6.07 Å². The lowest BCUT2D eigenvalue weighted by Crippen LogP contribution is -2.58. The highest BCUT2D eigenvalue weighted by atomic mass is 16.7. The minimum absolute atomic E-state index is 0.00117. The number of phenolic OH excluding ortho intramolecular Hbond substituents is 3. The lowest BCUT2D eigenvalue weighted by atomic mass is 9.67. The van der Waals surface area contributed by atoms with E-state index in [9.17, 15) is 45.0 Å². The first kappa shape index (κ1) is 43.3. The molecule has 0 spiro atoms. The smallest absolute Gasteiger partial charge is 0.316 e. The zero-order valence-corrected chi connectivity index (χ0v) is 34.2. The first-order valence-corrected chi connectivity index (χ1v) is 20.2. The summed E-state index contributed by atoms with van der Waals surface area (Å²) in [6, 6.07) is 3.03. The van der Waals surface area contributed by atoms with Gasteiger partial charge in [-0.25, -0.2) is 0 Å². The summed E-state index contributed by atoms with van der Waals surface area (Å²) in [7, 11) is 4.87. The summed E-state index contributed by atoms with van der Waals surface area (Å²) in [5.74, 6) is -5.87. The number of aliphatic hydroxyl groups excluding tert-OH is 2. The third-order valence-corrected chi connectivity index (χ3v) is 12.7. The number of carbonyl (C=O) groups is 3. The van der Waals surface area contributed by atoms with E-state index in [1.807, 2.05) is 19.0 Å². The lowest BCUT2D eigenvalue weighted by molar-refractivity contribution is -0.328. The summed E-state index contributed by atoms with van der Waals surface area (Å²) in [5, 5.41) is 66.5. The van der Waals surface area contributed by atoms with Crippen molar-refractivity contribution in [2.75, 3.05) is 21.2 Å². The number of phenols is 3. The van der Waals surface area contributed by atoms with Gasteiger partial charge in [-0.1, -0.05) is 6.92 Å². The number of carbonyl (C=O) groups excluding carboxylic acids is 3. The van der Waals surface area contributed by atoms with Crippen molar-refractivity contribution < 1.29 is 78.2 Å². The van der Waals surface area contributed by atoms with Crippen LogP contribution in [0.1, 0.15) is 121 Å². The number of likely N-dealkylation sites (N-methyl/N-ethyl adjacent to an activating group) is 1. The van der Waals surface area contributed by atoms with Crippen molar-refractivity contribution in [1.82, 2.24) is 4.90 Å². The van der Waals surface area contributed by atoms with Gasteiger partial charge in [0.05, 0.1) is 66.0 Å². The van der Waals surface area contributed by atoms with Gasteiger partial charge in [0.1, 0.15) is 35.4 Å². The van der Waals surface area contributed by atoms with E-state index >= 15 is 0 Å². The molecule has 0 radical (unpaired) electrons. The van der Waals surface area contributed by atoms with Crippen LogP contribution < -0.4 is 0 Å². The van der Waals surface area contributed by atoms with Crippen LogP contribution in [-0.2, 0) is 38.0 Å². The van der Waals surface area contributed by atoms with E-state index in [4.69, 9.17) is 33.2 Å². The maximum Gasteiger partial charge on any atom is 0.316 e. The van der Waals surface area contributed by atoms with E-state index in [-0.39, 0.29) is 48.4 Å². The highest BCUT2D eigenvalue weighted by molar-refractivity contribution is 6.31. The van der Waals surface area contributed by atoms with Crippen LogP contribution in [0.15, 0.2) is 18.2 Å². The summed E-state index contributed by atoms with van der Waals surface area (Å²) >= 11 is 0. The average Bonchev–Trinajstić information content (AvgIpc) is 3.17. The third kappa shape index (κ3) is 7.75. The maximum atomic E-state index is 14.0. The molecule has 2 aromatic rings. The minimum atomic E-state index is -1.81. The monoisotopic (exact) mass is 829 g/mol. The molecule has 5 aliphatic rings. The van der Waals surface area contributed by atoms with E-state index in [0.717, 1.165) is 19.2 Å². The average molecular weight is 830 g/mol. The normalized spacial score (nSPS) is 37.1. The minimum Gasteiger partial charge on any atom is -0.507 e. The second kappa shape index (κ2) is 16.6. The Balaban J connectivity index is 1.14. The van der Waals surface area contributed by atoms with Gasteiger partial charge in [-0.3, -0.25) is 14.4 Å². The van der Waals surface area contributed by atoms with Crippen molar-refractivity contribution in [3.8, 4) is 17.2 Å². The van der Waals surface area contributed by atoms with Gasteiger partial charge in [0, 0.05) is 42.9 Å². The summed E-state index contributed by atoms with van der Waals surface area (Å²) < 4.78 is 42.7. The molecule has 59 heavy (non-hydrogen) atoms. The molecule has 324 valence electrons. The number of nitrogens with zero attached hydrogens (tertiary/aromatic N) is 1. The predicted octanol–water partition coefficient (Wildman–Crippen LogP) is 2.66. The van der Waals surface area contributed by atoms with Crippen LogP contribution in [0.3, 0.4) is 0 Å². The number of aromatic hydroxyl groups is 3. The van der Waals surface area contributed by atoms with Gasteiger partial charge in [0.2, 0.25) is 5.78 Å². The van der Waals surface area contributed by atoms with Gasteiger partial charge in [0.25, 0.3) is 0 Å². The number of rotatable bonds is 9. The van der Waals surface area contributed by atoms with Crippen LogP contribution in [0.5, 0.6) is 17.2 Å². The highest BCUT2D eigenvalue weighted by Crippen LogP contribution is 2.54. The Kier molecular flexibility index (Phi) is 12.2. The largest absolute Gasteiger partial charge is 0.507 e. The van der Waals surface area contributed by atoms with Crippen LogP contribution in [-0.4, -0.2) is 148 Å². The zero-order chi connectivity index (χ0) is 42.8. The van der Waals surface area contributed by atoms with E-state index < -0.39 is 131 Å². The quantitative estimate of drug-likeness (QED) is 0.134. The number of benzene rings is 2. The van der Waals surface area contributed by atoms with Crippen molar-refractivity contribution >= 4 is 17.5 Å². The van der Waals surface area contributed by atoms with Gasteiger partial charge < -0.3 is 68.7 Å². The number of hydrogen-bond donors (Lipinski definition) is 6. The SMILES string of the molecule is CC[C@@]1(O)C[C@H](O[C@H]2C[C@@H](N(C)C)[C@H](O[C@@H]3C[C@H](O)[C@H](O[C@H]4CC[C@H](O)[C@@H](C)O4)[C@H](C)O3)[C@@H](C)O2)c2c(cc3c(c2O)C(=O)c2c(O)ccc(O)c2C3=O)[C@H]1C(=O)OC. The predicted molar refractivity (Wildman–Crippen MR) is 204 cm³/mol. The lowest BCUT2D eigenvalue weighted by Gasteiger charge is -2.48. The van der Waals surface area contributed by atoms with Gasteiger partial charge in [0.15, 0.2) is 24.7 Å². The number of ether oxygens (including phenoxy) is 7. The molecule has 17 heteroatoms. The summed E-state index contributed by atoms with van der Waals surface area (Å²) in [6.07, 6.45) is -6.87. The molecule has 17 nitrogen and oxygen atoms in total. The molecule has 3 saturated heterocycles. The Hall–Kier alpha value is -3.75. The standard InChI is InChI=1S/C42H55NO16/c1-8-42(52)16-27(31-20(35(42)41(51)53-7)13-21-32(37(31)49)38(50)34-25(46)10-9-24(45)33(34)36(21)48)57-29-14-22(43(5)6)39(18(3)55-29)59-30-15-26(47)40(19(4)56-30)58-28-12-11-23(44)17(2)54-28/h9-10,13,17-19,22-23,26-30,35,39-40,44-47,49,52H,8,11-12,14-16H2,1-7H3/t17-,18-,19+,22-,23+,26+,27+,28+,29+,30-,35+,39-,40-,42-/m1/s1. The van der Waals surface area contributed by atoms with E-state index in [1.54, 1.807) is 27.7 Å². The summed E-state index contributed by atoms with van der Waals surface area (Å²) in [4.78, 5) is 43.2. The van der Waals surface area contributed by atoms with Crippen molar-refractivity contribution in [3.05, 3.63) is 51.6 Å². The maximum absolute atomic E-state index is 14.0. The van der Waals surface area contributed by atoms with Crippen LogP contribution in [0, 0.1) is 0 Å². The molecule has 3 heterocycles. The number of ketones is 2. The second-order valence-electron chi connectivity index (χ2n) is 16.6. The molecule has 14 atom stereocenters. The molecule has 0 aromatic heterocycles. The van der Waals surface area contributed by atoms with Gasteiger partial charge in [-0.2, -0.15) is 0 Å². The number of fused-ring (bicyclic) bond motifs is 3. The molecule has 0 unspecified atom stereocenters. The van der Waals surface area contributed by atoms with Crippen molar-refractivity contribution in [1.29, 1.82) is 0 Å². The Morgan fingerprint density at radius 2 is 1.41 bits per heavy atom. The first-order chi connectivity index (χ1) is 27.9. The molecular formula is C42H55NO16. The molecule has 7 rings (SSSR count). The molecule has 6 N–H and O–H groups in total. The Morgan fingerprint density at radius 3 is 2.00 bits per heavy atom. The van der Waals surface area contributed by atoms with E-state index in [0.29, 0.717) is 12.8 Å². The fourth-order valence-electron chi connectivity index (χ4n) is 9.44. The van der Waals surface area contributed by atoms with Gasteiger partial charge in [-0.15, -0.1) is 0 Å². The van der Waals surface area contributed by atoms with Crippen molar-refractivity contribution in [2.45, 2.75) is 151 Å². The number of esters is 1. The number of methoxy groups -OCH3 is 1. The molecule has 0 bridgehead atoms. The second-order valence-corrected chi connectivity index (χ2v) is 16.6. The Bertz CT molecular complexity index is 1940. The van der Waals surface area contributed by atoms with Crippen molar-refractivity contribution in [3.63, 3.8) is 0 Å². The number of hydrogen-bond acceptors (Lipinski definition) is 17. The first-order valence-electron chi connectivity index (χ1n) is 20.2. The van der Waals surface area contributed by atoms with E-state index in [2.05, 4.69) is 0 Å². The molecule has 2 aromatic carbocycles. The molecule has 0 saturated carbocycles. The summed E-state index contributed by atoms with van der Waals surface area (Å²) in [6.45, 7) is 7.01. The fraction of sp³-hybridized carbons (Fsp3) is 0.643. The molecule has 0 amide bonds. The Morgan fingerprint density at radius 1 is 0.814 bits per heavy atom. The fourth-order valence-corrected chi connectivity index (χ4v) is 9.44. The molecule has 3 fully saturated rings. The van der Waals surface area contributed by atoms with Crippen LogP contribution in [0.4, 0.5) is 0 Å². The van der Waals surface area contributed by atoms with Crippen LogP contribution in [0.2, 0.25) is 0 Å². The topological polar surface area (TPSA) is 240 Å². The molecule has 2 aliphatic carbocycles. The van der Waals surface area contributed by atoms with Gasteiger partial charge >= 0.3 is 5.97 Å².